The Morgan fingerprint density at radius 3 is 2.56 bits per heavy atom. The van der Waals surface area contributed by atoms with Crippen molar-refractivity contribution in [3.8, 4) is 0 Å². The molecule has 0 aromatic rings. The zero-order valence-corrected chi connectivity index (χ0v) is 11.5. The number of amides is 1. The van der Waals surface area contributed by atoms with Crippen molar-refractivity contribution in [2.75, 3.05) is 46.3 Å². The van der Waals surface area contributed by atoms with E-state index in [-0.39, 0.29) is 5.91 Å². The van der Waals surface area contributed by atoms with Gasteiger partial charge >= 0.3 is 0 Å². The molecule has 2 aliphatic heterocycles. The largest absolute Gasteiger partial charge is 0.338 e. The van der Waals surface area contributed by atoms with Gasteiger partial charge in [0.25, 0.3) is 0 Å². The van der Waals surface area contributed by atoms with Crippen LogP contribution in [0.25, 0.3) is 0 Å². The summed E-state index contributed by atoms with van der Waals surface area (Å²) < 4.78 is 0. The van der Waals surface area contributed by atoms with Gasteiger partial charge in [-0.2, -0.15) is 0 Å². The van der Waals surface area contributed by atoms with Gasteiger partial charge in [-0.3, -0.25) is 9.69 Å². The molecule has 0 bridgehead atoms. The number of rotatable bonds is 2. The van der Waals surface area contributed by atoms with Crippen LogP contribution in [0.3, 0.4) is 0 Å². The summed E-state index contributed by atoms with van der Waals surface area (Å²) in [5.74, 6) is 0.0935. The Morgan fingerprint density at radius 1 is 1.17 bits per heavy atom. The number of likely N-dealkylation sites (tertiary alicyclic amines) is 1. The van der Waals surface area contributed by atoms with Gasteiger partial charge < -0.3 is 9.80 Å². The van der Waals surface area contributed by atoms with E-state index in [1.165, 1.54) is 18.9 Å². The average molecular weight is 251 g/mol. The summed E-state index contributed by atoms with van der Waals surface area (Å²) in [6.07, 6.45) is 5.04. The molecule has 0 aliphatic carbocycles. The number of hydrogen-bond acceptors (Lipinski definition) is 3. The summed E-state index contributed by atoms with van der Waals surface area (Å²) in [7, 11) is 2.18. The molecule has 1 unspecified atom stereocenters. The van der Waals surface area contributed by atoms with E-state index in [1.54, 1.807) is 0 Å². The van der Waals surface area contributed by atoms with Crippen LogP contribution < -0.4 is 0 Å². The van der Waals surface area contributed by atoms with E-state index >= 15 is 0 Å². The Balaban J connectivity index is 1.94. The minimum atomic E-state index is 0.0935. The molecule has 2 heterocycles. The van der Waals surface area contributed by atoms with Crippen LogP contribution in [0.15, 0.2) is 12.7 Å². The van der Waals surface area contributed by atoms with E-state index in [2.05, 4.69) is 23.4 Å². The van der Waals surface area contributed by atoms with Gasteiger partial charge in [-0.15, -0.1) is 0 Å². The second kappa shape index (κ2) is 6.34. The van der Waals surface area contributed by atoms with E-state index in [1.807, 2.05) is 4.90 Å². The molecule has 0 radical (unpaired) electrons. The molecular formula is C14H25N3O. The first kappa shape index (κ1) is 13.6. The van der Waals surface area contributed by atoms with Crippen molar-refractivity contribution in [1.82, 2.24) is 14.7 Å². The van der Waals surface area contributed by atoms with E-state index in [4.69, 9.17) is 0 Å². The quantitative estimate of drug-likeness (QED) is 0.679. The molecule has 1 amide bonds. The van der Waals surface area contributed by atoms with Gasteiger partial charge in [0, 0.05) is 45.3 Å². The molecule has 0 N–H and O–H groups in total. The Kier molecular flexibility index (Phi) is 4.78. The summed E-state index contributed by atoms with van der Waals surface area (Å²) >= 11 is 0. The Hall–Kier alpha value is -0.870. The maximum atomic E-state index is 11.8. The lowest BCUT2D eigenvalue weighted by Crippen LogP contribution is -2.52. The monoisotopic (exact) mass is 251 g/mol. The highest BCUT2D eigenvalue weighted by molar-refractivity contribution is 5.87. The molecule has 18 heavy (non-hydrogen) atoms. The molecule has 2 saturated heterocycles. The minimum absolute atomic E-state index is 0.0935. The third-order valence-electron chi connectivity index (χ3n) is 4.19. The van der Waals surface area contributed by atoms with E-state index in [0.717, 1.165) is 45.7 Å². The summed E-state index contributed by atoms with van der Waals surface area (Å²) in [4.78, 5) is 18.7. The van der Waals surface area contributed by atoms with Crippen LogP contribution in [-0.4, -0.2) is 73.0 Å². The second-order valence-electron chi connectivity index (χ2n) is 5.48. The molecule has 0 saturated carbocycles. The lowest BCUT2D eigenvalue weighted by molar-refractivity contribution is -0.126. The average Bonchev–Trinajstić information content (AvgIpc) is 2.64. The SMILES string of the molecule is C=CC(=O)N1CCCCC(N2CCN(C)CC2)C1. The topological polar surface area (TPSA) is 26.8 Å². The zero-order valence-electron chi connectivity index (χ0n) is 11.5. The van der Waals surface area contributed by atoms with Crippen LogP contribution >= 0.6 is 0 Å². The van der Waals surface area contributed by atoms with Gasteiger partial charge in [0.15, 0.2) is 0 Å². The van der Waals surface area contributed by atoms with Gasteiger partial charge in [-0.25, -0.2) is 0 Å². The molecule has 2 rings (SSSR count). The van der Waals surface area contributed by atoms with Crippen molar-refractivity contribution >= 4 is 5.91 Å². The number of carbonyl (C=O) groups excluding carboxylic acids is 1. The van der Waals surface area contributed by atoms with Crippen molar-refractivity contribution in [2.24, 2.45) is 0 Å². The number of piperazine rings is 1. The number of nitrogens with zero attached hydrogens (tertiary/aromatic N) is 3. The smallest absolute Gasteiger partial charge is 0.246 e. The predicted octanol–water partition coefficient (Wildman–Crippen LogP) is 0.801. The molecular weight excluding hydrogens is 226 g/mol. The van der Waals surface area contributed by atoms with Gasteiger partial charge in [-0.1, -0.05) is 13.0 Å². The Morgan fingerprint density at radius 2 is 1.89 bits per heavy atom. The minimum Gasteiger partial charge on any atom is -0.338 e. The maximum Gasteiger partial charge on any atom is 0.246 e. The molecule has 0 spiro atoms. The van der Waals surface area contributed by atoms with Crippen LogP contribution in [-0.2, 0) is 4.79 Å². The fourth-order valence-corrected chi connectivity index (χ4v) is 2.93. The van der Waals surface area contributed by atoms with Crippen molar-refractivity contribution in [2.45, 2.75) is 25.3 Å². The first-order valence-electron chi connectivity index (χ1n) is 7.04. The number of likely N-dealkylation sites (N-methyl/N-ethyl adjacent to an activating group) is 1. The summed E-state index contributed by atoms with van der Waals surface area (Å²) in [6.45, 7) is 9.95. The molecule has 0 aromatic carbocycles. The lowest BCUT2D eigenvalue weighted by Gasteiger charge is -2.39. The predicted molar refractivity (Wildman–Crippen MR) is 73.5 cm³/mol. The second-order valence-corrected chi connectivity index (χ2v) is 5.48. The highest BCUT2D eigenvalue weighted by atomic mass is 16.2. The molecule has 4 nitrogen and oxygen atoms in total. The third-order valence-corrected chi connectivity index (χ3v) is 4.19. The summed E-state index contributed by atoms with van der Waals surface area (Å²) in [6, 6.07) is 0.546. The van der Waals surface area contributed by atoms with Crippen LogP contribution in [0, 0.1) is 0 Å². The van der Waals surface area contributed by atoms with Gasteiger partial charge in [0.2, 0.25) is 5.91 Å². The maximum absolute atomic E-state index is 11.8. The van der Waals surface area contributed by atoms with Gasteiger partial charge in [-0.05, 0) is 26.0 Å². The van der Waals surface area contributed by atoms with Crippen LogP contribution in [0.2, 0.25) is 0 Å². The van der Waals surface area contributed by atoms with Gasteiger partial charge in [0.05, 0.1) is 0 Å². The zero-order chi connectivity index (χ0) is 13.0. The first-order valence-corrected chi connectivity index (χ1v) is 7.04. The normalized spacial score (nSPS) is 27.8. The van der Waals surface area contributed by atoms with Crippen LogP contribution in [0.4, 0.5) is 0 Å². The third kappa shape index (κ3) is 3.33. The highest BCUT2D eigenvalue weighted by Crippen LogP contribution is 2.17. The first-order chi connectivity index (χ1) is 8.70. The van der Waals surface area contributed by atoms with Crippen molar-refractivity contribution < 1.29 is 4.79 Å². The molecule has 0 aromatic heterocycles. The molecule has 4 heteroatoms. The standard InChI is InChI=1S/C14H25N3O/c1-3-14(18)17-7-5-4-6-13(12-17)16-10-8-15(2)9-11-16/h3,13H,1,4-12H2,2H3. The number of carbonyl (C=O) groups is 1. The Labute approximate surface area is 110 Å². The van der Waals surface area contributed by atoms with Gasteiger partial charge in [0.1, 0.15) is 0 Å². The van der Waals surface area contributed by atoms with Crippen LogP contribution in [0.5, 0.6) is 0 Å². The van der Waals surface area contributed by atoms with Crippen molar-refractivity contribution in [1.29, 1.82) is 0 Å². The number of hydrogen-bond donors (Lipinski definition) is 0. The molecule has 2 fully saturated rings. The fourth-order valence-electron chi connectivity index (χ4n) is 2.93. The van der Waals surface area contributed by atoms with E-state index in [0.29, 0.717) is 6.04 Å². The van der Waals surface area contributed by atoms with E-state index < -0.39 is 0 Å². The molecule has 1 atom stereocenters. The van der Waals surface area contributed by atoms with E-state index in [9.17, 15) is 4.79 Å². The van der Waals surface area contributed by atoms with Crippen LogP contribution in [0.1, 0.15) is 19.3 Å². The fraction of sp³-hybridized carbons (Fsp3) is 0.786. The molecule has 102 valence electrons. The molecule has 2 aliphatic rings. The Bertz CT molecular complexity index is 297. The highest BCUT2D eigenvalue weighted by Gasteiger charge is 2.27. The van der Waals surface area contributed by atoms with Crippen molar-refractivity contribution in [3.05, 3.63) is 12.7 Å². The lowest BCUT2D eigenvalue weighted by atomic mass is 10.1. The summed E-state index contributed by atoms with van der Waals surface area (Å²) in [5, 5.41) is 0. The summed E-state index contributed by atoms with van der Waals surface area (Å²) in [5.41, 5.74) is 0. The van der Waals surface area contributed by atoms with Crippen molar-refractivity contribution in [3.63, 3.8) is 0 Å².